The number of hydrogen-bond donors (Lipinski definition) is 6. The van der Waals surface area contributed by atoms with Crippen molar-refractivity contribution in [3.05, 3.63) is 59.7 Å². The minimum absolute atomic E-state index is 0.0259. The van der Waals surface area contributed by atoms with E-state index in [-0.39, 0.29) is 25.7 Å². The first kappa shape index (κ1) is 86.0. The van der Waals surface area contributed by atoms with Gasteiger partial charge in [-0.25, -0.2) is 28.8 Å². The average Bonchev–Trinajstić information content (AvgIpc) is 1.19. The number of benzene rings is 2. The first-order chi connectivity index (χ1) is 41.3. The molecule has 4 atom stereocenters. The fourth-order valence-corrected chi connectivity index (χ4v) is 14.7. The van der Waals surface area contributed by atoms with E-state index in [9.17, 15) is 43.2 Å². The molecule has 0 saturated heterocycles. The molecule has 0 aliphatic carbocycles. The number of ether oxygens (including phenoxy) is 6. The van der Waals surface area contributed by atoms with Gasteiger partial charge < -0.3 is 50.1 Å². The van der Waals surface area contributed by atoms with Crippen LogP contribution >= 0.6 is 0 Å². The van der Waals surface area contributed by atoms with Gasteiger partial charge in [0.2, 0.25) is 0 Å². The monoisotopic (exact) mass is 1500 g/mol. The molecule has 0 bridgehead atoms. The minimum atomic E-state index is -2.06. The molecule has 4 amide bonds. The van der Waals surface area contributed by atoms with Crippen molar-refractivity contribution in [1.29, 1.82) is 0 Å². The molecule has 0 spiro atoms. The van der Waals surface area contributed by atoms with Crippen molar-refractivity contribution in [3.8, 4) is 0 Å². The SMILES string of the molecule is CC(C)(C)OC(=O)CC[C@H](NC(=O)N[C@@H](CCCCN)C(=O)OC(C)(C)C)C(=O)OC(C)(C)C.CC(C)(C)OC(=O)CC[C@H](NC(=O)N[C@@H](CCCCNCc1cc[c]([Sn]([CH3])([CH3])[CH3])cc1)C(=O)OC(C)(C)C)C(=O)OC(C)(C)C.[CH3][Sn]([CH3])([CH3])[c]1ccc(C=O)cc1. The molecule has 21 nitrogen and oxygen atoms in total. The van der Waals surface area contributed by atoms with Crippen LogP contribution in [-0.2, 0) is 63.7 Å². The number of carbonyl (C=O) groups is 9. The maximum atomic E-state index is 13.1. The van der Waals surface area contributed by atoms with E-state index < -0.39 is 142 Å². The second-order valence-electron chi connectivity index (χ2n) is 30.7. The zero-order valence-corrected chi connectivity index (χ0v) is 65.6. The number of hydrogen-bond acceptors (Lipinski definition) is 17. The first-order valence-electron chi connectivity index (χ1n) is 31.9. The zero-order chi connectivity index (χ0) is 70.6. The third-order valence-electron chi connectivity index (χ3n) is 12.2. The van der Waals surface area contributed by atoms with Crippen LogP contribution in [0.1, 0.15) is 205 Å². The summed E-state index contributed by atoms with van der Waals surface area (Å²) in [5.74, 6) is -3.51. The predicted molar refractivity (Wildman–Crippen MR) is 365 cm³/mol. The van der Waals surface area contributed by atoms with Crippen LogP contribution in [-0.4, -0.2) is 162 Å². The Bertz CT molecular complexity index is 2600. The van der Waals surface area contributed by atoms with Gasteiger partial charge >= 0.3 is 241 Å². The van der Waals surface area contributed by atoms with Gasteiger partial charge in [-0.15, -0.1) is 0 Å². The van der Waals surface area contributed by atoms with E-state index in [0.717, 1.165) is 31.4 Å². The van der Waals surface area contributed by atoms with Crippen LogP contribution in [0.3, 0.4) is 0 Å². The first-order valence-corrected chi connectivity index (χ1v) is 51.8. The van der Waals surface area contributed by atoms with Crippen molar-refractivity contribution in [2.45, 2.75) is 283 Å². The summed E-state index contributed by atoms with van der Waals surface area (Å²) in [5.41, 5.74) is 3.12. The predicted octanol–water partition coefficient (Wildman–Crippen LogP) is 10.3. The standard InChI is InChI=1S/C31H50N3O7.C24H45N3O7.C7H5O.6CH3.2Sn/c1-29(2,3)39-25(35)19-18-24(27(37)41-31(7,8)9)34-28(38)33-23(26(36)40-30(4,5)6)17-13-14-20-32-21-22-15-11-10-12-16-22;1-22(2,3)32-18(28)14-13-17(20(30)34-24(7,8)9)27-21(31)26-16(12-10-11-15-25)19(29)33-23(4,5)6;8-6-7-4-2-1-3-5-7;;;;;;;;/h11-12,15-16,23-24,32H,13-14,17-21H2,1-9H3,(H2,33,34,38);16-17H,10-15,25H2,1-9H3,(H2,26,27,31);2-6H;6*1H3;;/t23-,24-;16-,17-;;;;;;;;;/m00........./s1. The van der Waals surface area contributed by atoms with Crippen LogP contribution < -0.4 is 39.5 Å². The molecule has 0 saturated carbocycles. The van der Waals surface area contributed by atoms with Crippen molar-refractivity contribution in [1.82, 2.24) is 26.6 Å². The zero-order valence-electron chi connectivity index (χ0n) is 59.9. The third-order valence-corrected chi connectivity index (χ3v) is 24.0. The maximum absolute atomic E-state index is 13.1. The molecule has 91 heavy (non-hydrogen) atoms. The van der Waals surface area contributed by atoms with Crippen molar-refractivity contribution in [2.24, 2.45) is 5.73 Å². The summed E-state index contributed by atoms with van der Waals surface area (Å²) in [7, 11) is 0. The molecule has 518 valence electrons. The quantitative estimate of drug-likeness (QED) is 0.0152. The van der Waals surface area contributed by atoms with E-state index in [1.165, 1.54) is 12.7 Å². The van der Waals surface area contributed by atoms with E-state index in [0.29, 0.717) is 38.6 Å². The Labute approximate surface area is 553 Å². The number of unbranched alkanes of at least 4 members (excludes halogenated alkanes) is 2. The van der Waals surface area contributed by atoms with Gasteiger partial charge in [-0.2, -0.15) is 0 Å². The summed E-state index contributed by atoms with van der Waals surface area (Å²) in [6.07, 6.45) is 4.04. The van der Waals surface area contributed by atoms with Gasteiger partial charge in [0, 0.05) is 12.8 Å². The summed E-state index contributed by atoms with van der Waals surface area (Å²) in [6.45, 7) is 33.2. The Morgan fingerprint density at radius 2 is 0.703 bits per heavy atom. The molecule has 23 heteroatoms. The Morgan fingerprint density at radius 3 is 0.978 bits per heavy atom. The van der Waals surface area contributed by atoms with Crippen LogP contribution in [0.5, 0.6) is 0 Å². The van der Waals surface area contributed by atoms with E-state index in [2.05, 4.69) is 92.6 Å². The molecule has 0 aliphatic rings. The average molecular weight is 1500 g/mol. The molecule has 2 rings (SSSR count). The summed E-state index contributed by atoms with van der Waals surface area (Å²) >= 11 is -3.94. The molecule has 0 radical (unpaired) electrons. The molecule has 0 unspecified atom stereocenters. The molecule has 7 N–H and O–H groups in total. The Hall–Kier alpha value is -5.01. The number of rotatable bonds is 28. The van der Waals surface area contributed by atoms with Crippen molar-refractivity contribution < 1.29 is 71.6 Å². The van der Waals surface area contributed by atoms with E-state index in [1.54, 1.807) is 125 Å². The second kappa shape index (κ2) is 39.0. The fraction of sp³-hybridized carbons (Fsp3) is 0.691. The van der Waals surface area contributed by atoms with Crippen LogP contribution in [0, 0.1) is 0 Å². The van der Waals surface area contributed by atoms with Gasteiger partial charge in [0.1, 0.15) is 51.7 Å². The normalized spacial score (nSPS) is 13.5. The van der Waals surface area contributed by atoms with Crippen molar-refractivity contribution in [3.63, 3.8) is 0 Å². The topological polar surface area (TPSA) is 295 Å². The van der Waals surface area contributed by atoms with Gasteiger partial charge in [-0.1, -0.05) is 0 Å². The summed E-state index contributed by atoms with van der Waals surface area (Å²) < 4.78 is 35.4. The summed E-state index contributed by atoms with van der Waals surface area (Å²) in [5, 5.41) is 13.8. The Morgan fingerprint density at radius 1 is 0.418 bits per heavy atom. The van der Waals surface area contributed by atoms with Crippen LogP contribution in [0.2, 0.25) is 29.6 Å². The number of urea groups is 2. The third kappa shape index (κ3) is 44.3. The van der Waals surface area contributed by atoms with Crippen molar-refractivity contribution >= 4 is 98.1 Å². The Kier molecular flexibility index (Phi) is 36.8. The molecule has 0 aromatic heterocycles. The molecule has 0 fully saturated rings. The van der Waals surface area contributed by atoms with Crippen molar-refractivity contribution in [2.75, 3.05) is 13.1 Å². The van der Waals surface area contributed by atoms with E-state index in [4.69, 9.17) is 34.2 Å². The molecule has 2 aromatic carbocycles. The summed E-state index contributed by atoms with van der Waals surface area (Å²) in [6, 6.07) is 11.3. The van der Waals surface area contributed by atoms with E-state index in [1.807, 2.05) is 12.1 Å². The van der Waals surface area contributed by atoms with Crippen LogP contribution in [0.4, 0.5) is 9.59 Å². The molecule has 0 heterocycles. The molecular weight excluding hydrogens is 1380 g/mol. The molecular formula is C68H118N6O15Sn2. The van der Waals surface area contributed by atoms with E-state index >= 15 is 0 Å². The molecule has 0 aliphatic heterocycles. The van der Waals surface area contributed by atoms with Gasteiger partial charge in [-0.05, 0) is 163 Å². The molecule has 2 aromatic rings. The Balaban J connectivity index is 0.00000154. The number of aldehydes is 1. The van der Waals surface area contributed by atoms with Gasteiger partial charge in [0.25, 0.3) is 0 Å². The number of amides is 4. The second-order valence-corrected chi connectivity index (χ2v) is 59.7. The number of esters is 6. The van der Waals surface area contributed by atoms with Gasteiger partial charge in [0.05, 0.1) is 0 Å². The number of nitrogens with two attached hydrogens (primary N) is 1. The van der Waals surface area contributed by atoms with Crippen LogP contribution in [0.15, 0.2) is 48.5 Å². The number of nitrogens with one attached hydrogen (secondary N) is 5. The summed E-state index contributed by atoms with van der Waals surface area (Å²) in [4.78, 5) is 126. The number of carbonyl (C=O) groups excluding carboxylic acids is 9. The van der Waals surface area contributed by atoms with Crippen LogP contribution in [0.25, 0.3) is 0 Å². The van der Waals surface area contributed by atoms with Gasteiger partial charge in [0.15, 0.2) is 0 Å². The van der Waals surface area contributed by atoms with Gasteiger partial charge in [-0.3, -0.25) is 9.59 Å². The fourth-order valence-electron chi connectivity index (χ4n) is 8.02.